The van der Waals surface area contributed by atoms with Gasteiger partial charge in [0.05, 0.1) is 16.7 Å². The average molecular weight is 638 g/mol. The molecule has 2 aliphatic rings. The highest BCUT2D eigenvalue weighted by Gasteiger charge is 2.35. The molecule has 12 heteroatoms. The molecule has 45 heavy (non-hydrogen) atoms. The molecule has 238 valence electrons. The fourth-order valence-corrected chi connectivity index (χ4v) is 6.96. The molecule has 0 N–H and O–H groups in total. The van der Waals surface area contributed by atoms with Crippen molar-refractivity contribution >= 4 is 45.1 Å². The van der Waals surface area contributed by atoms with E-state index in [1.54, 1.807) is 28.8 Å². The summed E-state index contributed by atoms with van der Waals surface area (Å²) in [5.74, 6) is -0.257. The predicted molar refractivity (Wildman–Crippen MR) is 173 cm³/mol. The third kappa shape index (κ3) is 5.72. The van der Waals surface area contributed by atoms with Crippen LogP contribution in [0.3, 0.4) is 0 Å². The first-order valence-corrected chi connectivity index (χ1v) is 15.6. The molecule has 0 saturated carbocycles. The van der Waals surface area contributed by atoms with Gasteiger partial charge in [-0.3, -0.25) is 14.4 Å². The lowest BCUT2D eigenvalue weighted by Gasteiger charge is -2.44. The van der Waals surface area contributed by atoms with Gasteiger partial charge in [0.15, 0.2) is 5.82 Å². The Morgan fingerprint density at radius 3 is 2.71 bits per heavy atom. The van der Waals surface area contributed by atoms with Crippen LogP contribution in [0.2, 0.25) is 5.02 Å². The van der Waals surface area contributed by atoms with Gasteiger partial charge >= 0.3 is 6.01 Å². The number of likely N-dealkylation sites (tertiary alicyclic amines) is 1. The number of piperazine rings is 1. The number of aromatic nitrogens is 4. The van der Waals surface area contributed by atoms with Crippen molar-refractivity contribution in [3.63, 3.8) is 0 Å². The normalized spacial score (nSPS) is 22.5. The molecule has 4 heterocycles. The summed E-state index contributed by atoms with van der Waals surface area (Å²) in [6.45, 7) is 13.7. The first-order valence-electron chi connectivity index (χ1n) is 15.2. The van der Waals surface area contributed by atoms with Gasteiger partial charge in [-0.25, -0.2) is 8.78 Å². The number of nitrogens with zero attached hydrogens (tertiary/aromatic N) is 7. The predicted octanol–water partition coefficient (Wildman–Crippen LogP) is 5.71. The lowest BCUT2D eigenvalue weighted by molar-refractivity contribution is -0.128. The number of ether oxygens (including phenoxy) is 1. The zero-order chi connectivity index (χ0) is 32.2. The largest absolute Gasteiger partial charge is 0.462 e. The van der Waals surface area contributed by atoms with Crippen LogP contribution in [0, 0.1) is 12.7 Å². The highest BCUT2D eigenvalue weighted by molar-refractivity contribution is 6.35. The van der Waals surface area contributed by atoms with Gasteiger partial charge in [-0.2, -0.15) is 15.1 Å². The lowest BCUT2D eigenvalue weighted by atomic mass is 9.96. The molecule has 0 radical (unpaired) electrons. The van der Waals surface area contributed by atoms with E-state index in [-0.39, 0.29) is 46.7 Å². The van der Waals surface area contributed by atoms with Crippen LogP contribution in [0.4, 0.5) is 14.6 Å². The fraction of sp³-hybridized carbons (Fsp3) is 0.455. The topological polar surface area (TPSA) is 79.6 Å². The summed E-state index contributed by atoms with van der Waals surface area (Å²) in [6, 6.07) is 5.30. The van der Waals surface area contributed by atoms with E-state index in [4.69, 9.17) is 21.3 Å². The summed E-state index contributed by atoms with van der Waals surface area (Å²) >= 11 is 6.94. The van der Waals surface area contributed by atoms with Crippen molar-refractivity contribution in [1.29, 1.82) is 0 Å². The second-order valence-corrected chi connectivity index (χ2v) is 13.0. The highest BCUT2D eigenvalue weighted by Crippen LogP contribution is 2.43. The summed E-state index contributed by atoms with van der Waals surface area (Å²) in [5, 5.41) is 5.92. The van der Waals surface area contributed by atoms with E-state index in [0.29, 0.717) is 55.9 Å². The van der Waals surface area contributed by atoms with Gasteiger partial charge < -0.3 is 14.5 Å². The van der Waals surface area contributed by atoms with Crippen molar-refractivity contribution < 1.29 is 18.3 Å². The van der Waals surface area contributed by atoms with Gasteiger partial charge in [0.1, 0.15) is 23.6 Å². The second-order valence-electron chi connectivity index (χ2n) is 12.6. The van der Waals surface area contributed by atoms with Crippen LogP contribution in [0.15, 0.2) is 37.1 Å². The van der Waals surface area contributed by atoms with Crippen molar-refractivity contribution in [3.8, 4) is 17.1 Å². The van der Waals surface area contributed by atoms with E-state index in [1.165, 1.54) is 6.08 Å². The van der Waals surface area contributed by atoms with Crippen LogP contribution in [0.5, 0.6) is 6.01 Å². The van der Waals surface area contributed by atoms with Gasteiger partial charge in [-0.05, 0) is 51.8 Å². The molecule has 4 aromatic rings. The van der Waals surface area contributed by atoms with E-state index in [2.05, 4.69) is 16.7 Å². The smallest absolute Gasteiger partial charge is 0.319 e. The highest BCUT2D eigenvalue weighted by atomic mass is 35.5. The molecule has 1 amide bonds. The number of halogens is 3. The Morgan fingerprint density at radius 2 is 2.00 bits per heavy atom. The molecule has 2 saturated heterocycles. The van der Waals surface area contributed by atoms with Crippen molar-refractivity contribution in [3.05, 3.63) is 53.5 Å². The lowest BCUT2D eigenvalue weighted by Crippen LogP contribution is -2.58. The van der Waals surface area contributed by atoms with E-state index < -0.39 is 11.5 Å². The third-order valence-electron chi connectivity index (χ3n) is 9.06. The average Bonchev–Trinajstić information content (AvgIpc) is 3.55. The molecule has 0 aliphatic carbocycles. The van der Waals surface area contributed by atoms with Crippen LogP contribution in [0.1, 0.15) is 32.8 Å². The molecule has 9 nitrogen and oxygen atoms in total. The number of hydrogen-bond donors (Lipinski definition) is 0. The number of aryl methyl sites for hydroxylation is 2. The van der Waals surface area contributed by atoms with Crippen LogP contribution in [-0.2, 0) is 11.8 Å². The zero-order valence-electron chi connectivity index (χ0n) is 26.3. The van der Waals surface area contributed by atoms with Gasteiger partial charge in [0.25, 0.3) is 0 Å². The standard InChI is InChI=1S/C33H38ClF2N7O2/c1-7-25(44)42-16-21(4)43(17-20(42)3)31-23-14-24(34)27(26-19(2)8-9-22-15-37-40(6)30(22)26)28(35)29(23)38-32(39-31)45-13-12-41-11-10-33(5,36)18-41/h7-9,14-15,20-21H,1,10-13,16-18H2,2-6H3/t20-,21+,33?/m1/s1. The number of rotatable bonds is 7. The SMILES string of the molecule is C=CC(=O)N1C[C@H](C)N(c2nc(OCCN3CCC(C)(F)C3)nc3c(F)c(-c4c(C)ccc5cnn(C)c45)c(Cl)cc23)C[C@H]1C. The van der Waals surface area contributed by atoms with Gasteiger partial charge in [-0.15, -0.1) is 0 Å². The van der Waals surface area contributed by atoms with Gasteiger partial charge in [-0.1, -0.05) is 30.3 Å². The number of fused-ring (bicyclic) bond motifs is 2. The molecule has 2 fully saturated rings. The van der Waals surface area contributed by atoms with Crippen LogP contribution < -0.4 is 9.64 Å². The Hall–Kier alpha value is -3.83. The molecule has 0 bridgehead atoms. The number of hydrogen-bond acceptors (Lipinski definition) is 7. The van der Waals surface area contributed by atoms with E-state index in [1.807, 2.05) is 49.8 Å². The summed E-state index contributed by atoms with van der Waals surface area (Å²) in [4.78, 5) is 27.7. The maximum Gasteiger partial charge on any atom is 0.319 e. The quantitative estimate of drug-likeness (QED) is 0.240. The maximum atomic E-state index is 16.9. The van der Waals surface area contributed by atoms with E-state index in [0.717, 1.165) is 16.5 Å². The number of carbonyl (C=O) groups excluding carboxylic acids is 1. The summed E-state index contributed by atoms with van der Waals surface area (Å²) < 4.78 is 39.1. The molecule has 6 rings (SSSR count). The Kier molecular flexibility index (Phi) is 8.19. The minimum atomic E-state index is -1.22. The summed E-state index contributed by atoms with van der Waals surface area (Å²) in [6.07, 6.45) is 3.53. The number of anilines is 1. The third-order valence-corrected chi connectivity index (χ3v) is 9.36. The first-order chi connectivity index (χ1) is 21.4. The molecule has 2 aliphatic heterocycles. The molecule has 0 spiro atoms. The van der Waals surface area contributed by atoms with E-state index >= 15 is 4.39 Å². The van der Waals surface area contributed by atoms with Crippen molar-refractivity contribution in [2.45, 2.75) is 51.9 Å². The molecular weight excluding hydrogens is 600 g/mol. The van der Waals surface area contributed by atoms with E-state index in [9.17, 15) is 9.18 Å². The molecule has 2 aromatic heterocycles. The molecular formula is C33H38ClF2N7O2. The van der Waals surface area contributed by atoms with Crippen molar-refractivity contribution in [2.24, 2.45) is 7.05 Å². The second kappa shape index (κ2) is 11.8. The van der Waals surface area contributed by atoms with Crippen LogP contribution >= 0.6 is 11.6 Å². The number of alkyl halides is 1. The van der Waals surface area contributed by atoms with Crippen molar-refractivity contribution in [2.75, 3.05) is 44.2 Å². The van der Waals surface area contributed by atoms with Gasteiger partial charge in [0, 0.05) is 73.8 Å². The Bertz CT molecular complexity index is 1810. The Morgan fingerprint density at radius 1 is 1.22 bits per heavy atom. The first kappa shape index (κ1) is 31.2. The Labute approximate surface area is 266 Å². The summed E-state index contributed by atoms with van der Waals surface area (Å²) in [5.41, 5.74) is 1.33. The van der Waals surface area contributed by atoms with Crippen molar-refractivity contribution in [1.82, 2.24) is 29.5 Å². The van der Waals surface area contributed by atoms with Crippen LogP contribution in [0.25, 0.3) is 32.9 Å². The number of amides is 1. The minimum Gasteiger partial charge on any atom is -0.462 e. The zero-order valence-corrected chi connectivity index (χ0v) is 27.0. The number of carbonyl (C=O) groups is 1. The minimum absolute atomic E-state index is 0.0202. The molecule has 3 atom stereocenters. The Balaban J connectivity index is 1.46. The molecule has 2 aromatic carbocycles. The fourth-order valence-electron chi connectivity index (χ4n) is 6.67. The maximum absolute atomic E-state index is 16.9. The van der Waals surface area contributed by atoms with Crippen LogP contribution in [-0.4, -0.2) is 92.5 Å². The molecule has 1 unspecified atom stereocenters. The number of benzene rings is 2. The monoisotopic (exact) mass is 637 g/mol. The van der Waals surface area contributed by atoms with Gasteiger partial charge in [0.2, 0.25) is 5.91 Å². The summed E-state index contributed by atoms with van der Waals surface area (Å²) in [7, 11) is 1.82.